The molecule has 2 heterocycles. The molecule has 0 bridgehead atoms. The number of carbonyl (C=O) groups is 4. The first kappa shape index (κ1) is 27.6. The number of nitrogens with one attached hydrogen (secondary N) is 3. The molecule has 0 aromatic heterocycles. The quantitative estimate of drug-likeness (QED) is 0.471. The molecule has 5 rings (SSSR count). The van der Waals surface area contributed by atoms with Gasteiger partial charge in [-0.1, -0.05) is 43.8 Å². The molecule has 5 amide bonds. The van der Waals surface area contributed by atoms with Crippen LogP contribution < -0.4 is 16.0 Å². The van der Waals surface area contributed by atoms with Crippen LogP contribution in [0.4, 0.5) is 10.5 Å². The third kappa shape index (κ3) is 5.41. The van der Waals surface area contributed by atoms with Gasteiger partial charge < -0.3 is 15.5 Å². The standard InChI is InChI=1S/C32H31N5O4/c1-18-13-21(14-22(16-33)19(18)2)20-5-7-24(8-6-20)32(3,4)36-31(41)34-25-9-10-26-23(15-25)17-37(30(26)40)27-11-12-28(38)35-29(27)39/h5-10,13-15,19,27H,1,11-12,17H2,2-4H3,(H2,34,36,41)(H,35,38,39). The fraction of sp³-hybridized carbons (Fsp3) is 0.281. The predicted molar refractivity (Wildman–Crippen MR) is 154 cm³/mol. The minimum absolute atomic E-state index is 0.0000962. The second-order valence-corrected chi connectivity index (χ2v) is 11.2. The van der Waals surface area contributed by atoms with Gasteiger partial charge in [-0.2, -0.15) is 5.26 Å². The highest BCUT2D eigenvalue weighted by molar-refractivity contribution is 6.05. The van der Waals surface area contributed by atoms with Crippen LogP contribution in [0.25, 0.3) is 5.57 Å². The van der Waals surface area contributed by atoms with Crippen LogP contribution in [0.1, 0.15) is 60.7 Å². The monoisotopic (exact) mass is 549 g/mol. The third-order valence-corrected chi connectivity index (χ3v) is 7.95. The number of amides is 5. The summed E-state index contributed by atoms with van der Waals surface area (Å²) < 4.78 is 0. The van der Waals surface area contributed by atoms with Crippen molar-refractivity contribution in [3.63, 3.8) is 0 Å². The fourth-order valence-corrected chi connectivity index (χ4v) is 5.40. The number of allylic oxidation sites excluding steroid dienone is 5. The molecule has 2 atom stereocenters. The lowest BCUT2D eigenvalue weighted by Gasteiger charge is -2.29. The van der Waals surface area contributed by atoms with Gasteiger partial charge in [-0.15, -0.1) is 0 Å². The van der Waals surface area contributed by atoms with E-state index in [1.807, 2.05) is 57.2 Å². The van der Waals surface area contributed by atoms with Gasteiger partial charge in [-0.25, -0.2) is 4.79 Å². The zero-order chi connectivity index (χ0) is 29.5. The number of hydrogen-bond donors (Lipinski definition) is 3. The number of urea groups is 1. The number of piperidine rings is 1. The molecule has 2 unspecified atom stereocenters. The molecule has 9 heteroatoms. The van der Waals surface area contributed by atoms with Gasteiger partial charge >= 0.3 is 6.03 Å². The highest BCUT2D eigenvalue weighted by Gasteiger charge is 2.39. The van der Waals surface area contributed by atoms with Crippen molar-refractivity contribution in [3.05, 3.63) is 94.6 Å². The Hall–Kier alpha value is -4.97. The Morgan fingerprint density at radius 2 is 1.85 bits per heavy atom. The Balaban J connectivity index is 1.24. The molecule has 1 aliphatic carbocycles. The van der Waals surface area contributed by atoms with Gasteiger partial charge in [-0.3, -0.25) is 19.7 Å². The predicted octanol–water partition coefficient (Wildman–Crippen LogP) is 4.54. The van der Waals surface area contributed by atoms with E-state index in [2.05, 4.69) is 28.6 Å². The summed E-state index contributed by atoms with van der Waals surface area (Å²) in [5, 5.41) is 17.6. The second kappa shape index (κ2) is 10.5. The van der Waals surface area contributed by atoms with Crippen LogP contribution in [-0.4, -0.2) is 34.7 Å². The summed E-state index contributed by atoms with van der Waals surface area (Å²) in [5.74, 6) is -1.06. The number of fused-ring (bicyclic) bond motifs is 1. The number of rotatable bonds is 5. The normalized spacial score (nSPS) is 20.5. The fourth-order valence-electron chi connectivity index (χ4n) is 5.40. The van der Waals surface area contributed by atoms with Crippen molar-refractivity contribution in [3.8, 4) is 6.07 Å². The maximum absolute atomic E-state index is 13.0. The highest BCUT2D eigenvalue weighted by Crippen LogP contribution is 2.33. The van der Waals surface area contributed by atoms with Crippen molar-refractivity contribution >= 4 is 35.0 Å². The molecule has 0 radical (unpaired) electrons. The number of carbonyl (C=O) groups excluding carboxylic acids is 4. The van der Waals surface area contributed by atoms with Crippen molar-refractivity contribution in [1.29, 1.82) is 5.26 Å². The van der Waals surface area contributed by atoms with Crippen LogP contribution in [-0.2, 0) is 21.7 Å². The van der Waals surface area contributed by atoms with Gasteiger partial charge in [0.05, 0.1) is 11.6 Å². The SMILES string of the molecule is C=C1C=C(c2ccc(C(C)(C)NC(=O)Nc3ccc4c(c3)CN(C3CCC(=O)NC3=O)C4=O)cc2)C=C(C#N)C1C. The number of nitriles is 1. The van der Waals surface area contributed by atoms with Crippen LogP contribution in [0.15, 0.2) is 72.3 Å². The molecule has 2 aromatic carbocycles. The average Bonchev–Trinajstić information content (AvgIpc) is 3.25. The minimum Gasteiger partial charge on any atom is -0.329 e. The van der Waals surface area contributed by atoms with E-state index in [1.54, 1.807) is 18.2 Å². The number of benzene rings is 2. The summed E-state index contributed by atoms with van der Waals surface area (Å²) in [6, 6.07) is 14.0. The Bertz CT molecular complexity index is 1590. The van der Waals surface area contributed by atoms with Gasteiger partial charge in [0, 0.05) is 35.7 Å². The first-order valence-corrected chi connectivity index (χ1v) is 13.5. The van der Waals surface area contributed by atoms with Crippen molar-refractivity contribution in [2.75, 3.05) is 5.32 Å². The molecule has 1 fully saturated rings. The number of nitrogens with zero attached hydrogens (tertiary/aromatic N) is 2. The summed E-state index contributed by atoms with van der Waals surface area (Å²) in [5.41, 5.74) is 5.33. The Morgan fingerprint density at radius 1 is 1.12 bits per heavy atom. The average molecular weight is 550 g/mol. The van der Waals surface area contributed by atoms with Crippen molar-refractivity contribution < 1.29 is 19.2 Å². The maximum atomic E-state index is 13.0. The van der Waals surface area contributed by atoms with Crippen molar-refractivity contribution in [2.45, 2.75) is 51.7 Å². The van der Waals surface area contributed by atoms with Gasteiger partial charge in [-0.05, 0) is 72.4 Å². The largest absolute Gasteiger partial charge is 0.329 e. The number of hydrogen-bond acceptors (Lipinski definition) is 5. The highest BCUT2D eigenvalue weighted by atomic mass is 16.2. The van der Waals surface area contributed by atoms with E-state index in [9.17, 15) is 24.4 Å². The zero-order valence-corrected chi connectivity index (χ0v) is 23.2. The Morgan fingerprint density at radius 3 is 2.54 bits per heavy atom. The molecular formula is C32H31N5O4. The van der Waals surface area contributed by atoms with Crippen LogP contribution in [0.3, 0.4) is 0 Å². The molecule has 2 aromatic rings. The lowest BCUT2D eigenvalue weighted by molar-refractivity contribution is -0.136. The van der Waals surface area contributed by atoms with E-state index < -0.39 is 23.5 Å². The molecule has 2 aliphatic heterocycles. The number of imide groups is 1. The summed E-state index contributed by atoms with van der Waals surface area (Å²) in [6.07, 6.45) is 4.36. The Labute approximate surface area is 238 Å². The van der Waals surface area contributed by atoms with Gasteiger partial charge in [0.2, 0.25) is 11.8 Å². The molecular weight excluding hydrogens is 518 g/mol. The van der Waals surface area contributed by atoms with Gasteiger partial charge in [0.25, 0.3) is 5.91 Å². The summed E-state index contributed by atoms with van der Waals surface area (Å²) in [4.78, 5) is 51.1. The molecule has 9 nitrogen and oxygen atoms in total. The van der Waals surface area contributed by atoms with Crippen LogP contribution >= 0.6 is 0 Å². The first-order chi connectivity index (χ1) is 19.5. The van der Waals surface area contributed by atoms with Gasteiger partial charge in [0.15, 0.2) is 0 Å². The lowest BCUT2D eigenvalue weighted by atomic mass is 9.84. The van der Waals surface area contributed by atoms with E-state index >= 15 is 0 Å². The third-order valence-electron chi connectivity index (χ3n) is 7.95. The van der Waals surface area contributed by atoms with Crippen molar-refractivity contribution in [2.24, 2.45) is 5.92 Å². The molecule has 208 valence electrons. The molecule has 3 N–H and O–H groups in total. The molecule has 0 spiro atoms. The van der Waals surface area contributed by atoms with Crippen LogP contribution in [0, 0.1) is 17.2 Å². The second-order valence-electron chi connectivity index (χ2n) is 11.2. The topological polar surface area (TPSA) is 131 Å². The van der Waals surface area contributed by atoms with E-state index in [0.717, 1.165) is 22.3 Å². The maximum Gasteiger partial charge on any atom is 0.319 e. The molecule has 41 heavy (non-hydrogen) atoms. The molecule has 1 saturated heterocycles. The molecule has 0 saturated carbocycles. The van der Waals surface area contributed by atoms with E-state index in [0.29, 0.717) is 22.4 Å². The van der Waals surface area contributed by atoms with E-state index in [-0.39, 0.29) is 37.1 Å². The first-order valence-electron chi connectivity index (χ1n) is 13.5. The van der Waals surface area contributed by atoms with Crippen LogP contribution in [0.5, 0.6) is 0 Å². The smallest absolute Gasteiger partial charge is 0.319 e. The summed E-state index contributed by atoms with van der Waals surface area (Å²) in [6.45, 7) is 10.1. The van der Waals surface area contributed by atoms with Gasteiger partial charge in [0.1, 0.15) is 6.04 Å². The zero-order valence-electron chi connectivity index (χ0n) is 23.2. The van der Waals surface area contributed by atoms with E-state index in [1.165, 1.54) is 4.90 Å². The van der Waals surface area contributed by atoms with Crippen molar-refractivity contribution in [1.82, 2.24) is 15.5 Å². The Kier molecular flexibility index (Phi) is 7.09. The minimum atomic E-state index is -0.704. The summed E-state index contributed by atoms with van der Waals surface area (Å²) in [7, 11) is 0. The molecule has 3 aliphatic rings. The summed E-state index contributed by atoms with van der Waals surface area (Å²) >= 11 is 0. The number of anilines is 1. The van der Waals surface area contributed by atoms with Crippen LogP contribution in [0.2, 0.25) is 0 Å². The van der Waals surface area contributed by atoms with E-state index in [4.69, 9.17) is 0 Å². The lowest BCUT2D eigenvalue weighted by Crippen LogP contribution is -2.52.